The zero-order valence-corrected chi connectivity index (χ0v) is 14.6. The van der Waals surface area contributed by atoms with Gasteiger partial charge in [-0.05, 0) is 26.3 Å². The number of hydrogen-bond donors (Lipinski definition) is 2. The Balaban J connectivity index is 3.02. The van der Waals surface area contributed by atoms with Crippen molar-refractivity contribution in [3.8, 4) is 0 Å². The van der Waals surface area contributed by atoms with E-state index in [0.717, 1.165) is 5.56 Å². The van der Waals surface area contributed by atoms with Crippen LogP contribution in [0.15, 0.2) is 30.3 Å². The van der Waals surface area contributed by atoms with E-state index in [9.17, 15) is 14.7 Å². The van der Waals surface area contributed by atoms with Gasteiger partial charge in [0.05, 0.1) is 6.42 Å². The second-order valence-electron chi connectivity index (χ2n) is 7.59. The smallest absolute Gasteiger partial charge is 0.324 e. The summed E-state index contributed by atoms with van der Waals surface area (Å²) in [5.74, 6) is -1.58. The Morgan fingerprint density at radius 2 is 1.61 bits per heavy atom. The van der Waals surface area contributed by atoms with E-state index in [4.69, 9.17) is 10.5 Å². The van der Waals surface area contributed by atoms with Gasteiger partial charge in [-0.3, -0.25) is 9.59 Å². The van der Waals surface area contributed by atoms with Crippen molar-refractivity contribution in [1.82, 2.24) is 0 Å². The van der Waals surface area contributed by atoms with Crippen molar-refractivity contribution >= 4 is 11.9 Å². The summed E-state index contributed by atoms with van der Waals surface area (Å²) < 4.78 is 5.31. The van der Waals surface area contributed by atoms with Gasteiger partial charge < -0.3 is 15.6 Å². The molecule has 1 aromatic rings. The van der Waals surface area contributed by atoms with Crippen molar-refractivity contribution in [3.05, 3.63) is 35.9 Å². The molecule has 0 spiro atoms. The fourth-order valence-corrected chi connectivity index (χ4v) is 2.42. The maximum Gasteiger partial charge on any atom is 0.324 e. The van der Waals surface area contributed by atoms with Gasteiger partial charge in [0, 0.05) is 11.8 Å². The molecule has 0 fully saturated rings. The van der Waals surface area contributed by atoms with E-state index >= 15 is 0 Å². The highest BCUT2D eigenvalue weighted by Crippen LogP contribution is 2.36. The van der Waals surface area contributed by atoms with Crippen LogP contribution in [0.2, 0.25) is 0 Å². The highest BCUT2D eigenvalue weighted by molar-refractivity contribution is 5.82. The van der Waals surface area contributed by atoms with Crippen LogP contribution in [-0.2, 0) is 20.7 Å². The van der Waals surface area contributed by atoms with Crippen molar-refractivity contribution in [2.75, 3.05) is 0 Å². The number of hydrogen-bond acceptors (Lipinski definition) is 4. The lowest BCUT2D eigenvalue weighted by molar-refractivity contribution is -0.160. The summed E-state index contributed by atoms with van der Waals surface area (Å²) >= 11 is 0. The van der Waals surface area contributed by atoms with Gasteiger partial charge in [0.25, 0.3) is 0 Å². The van der Waals surface area contributed by atoms with Crippen LogP contribution in [0.4, 0.5) is 0 Å². The summed E-state index contributed by atoms with van der Waals surface area (Å²) in [5, 5.41) is 9.70. The zero-order valence-electron chi connectivity index (χ0n) is 14.6. The fourth-order valence-electron chi connectivity index (χ4n) is 2.42. The molecular formula is C18H27NO4. The first kappa shape index (κ1) is 19.2. The Kier molecular flexibility index (Phi) is 5.59. The Hall–Kier alpha value is -1.88. The summed E-state index contributed by atoms with van der Waals surface area (Å²) in [5.41, 5.74) is 3.90. The molecule has 23 heavy (non-hydrogen) atoms. The molecule has 0 saturated heterocycles. The first-order chi connectivity index (χ1) is 10.4. The predicted molar refractivity (Wildman–Crippen MR) is 88.9 cm³/mol. The third kappa shape index (κ3) is 5.06. The SMILES string of the molecule is CC(C)(C)OC(=O)CC(C)(C)C(N)(Cc1ccccc1)C(=O)O. The number of ether oxygens (including phenoxy) is 1. The van der Waals surface area contributed by atoms with Crippen LogP contribution in [0, 0.1) is 5.41 Å². The number of carboxylic acid groups (broad SMARTS) is 1. The largest absolute Gasteiger partial charge is 0.480 e. The molecule has 0 radical (unpaired) electrons. The molecule has 1 unspecified atom stereocenters. The highest BCUT2D eigenvalue weighted by Gasteiger charge is 2.49. The van der Waals surface area contributed by atoms with E-state index in [1.807, 2.05) is 30.3 Å². The van der Waals surface area contributed by atoms with Crippen molar-refractivity contribution in [2.24, 2.45) is 11.1 Å². The molecule has 1 rings (SSSR count). The Morgan fingerprint density at radius 1 is 1.09 bits per heavy atom. The van der Waals surface area contributed by atoms with Gasteiger partial charge in [-0.2, -0.15) is 0 Å². The second kappa shape index (κ2) is 6.71. The summed E-state index contributed by atoms with van der Waals surface area (Å²) in [6.07, 6.45) is 0.0683. The molecule has 1 atom stereocenters. The third-order valence-corrected chi connectivity index (χ3v) is 3.92. The highest BCUT2D eigenvalue weighted by atomic mass is 16.6. The number of rotatable bonds is 6. The zero-order chi connectivity index (χ0) is 17.9. The number of benzene rings is 1. The van der Waals surface area contributed by atoms with Gasteiger partial charge in [-0.25, -0.2) is 0 Å². The van der Waals surface area contributed by atoms with Gasteiger partial charge in [-0.15, -0.1) is 0 Å². The molecule has 0 aromatic heterocycles. The minimum absolute atomic E-state index is 0.0695. The number of carbonyl (C=O) groups excluding carboxylic acids is 1. The van der Waals surface area contributed by atoms with E-state index in [1.165, 1.54) is 0 Å². The summed E-state index contributed by atoms with van der Waals surface area (Å²) in [4.78, 5) is 24.0. The molecule has 128 valence electrons. The molecular weight excluding hydrogens is 294 g/mol. The molecule has 0 bridgehead atoms. The molecule has 1 aromatic carbocycles. The monoisotopic (exact) mass is 321 g/mol. The molecule has 5 heteroatoms. The quantitative estimate of drug-likeness (QED) is 0.786. The van der Waals surface area contributed by atoms with Crippen molar-refractivity contribution in [3.63, 3.8) is 0 Å². The number of aliphatic carboxylic acids is 1. The molecule has 0 aliphatic carbocycles. The van der Waals surface area contributed by atoms with Crippen LogP contribution in [0.3, 0.4) is 0 Å². The van der Waals surface area contributed by atoms with E-state index in [0.29, 0.717) is 0 Å². The average molecular weight is 321 g/mol. The normalized spacial score (nSPS) is 14.9. The lowest BCUT2D eigenvalue weighted by Gasteiger charge is -2.40. The van der Waals surface area contributed by atoms with E-state index in [1.54, 1.807) is 34.6 Å². The summed E-state index contributed by atoms with van der Waals surface area (Å²) in [7, 11) is 0. The van der Waals surface area contributed by atoms with E-state index in [2.05, 4.69) is 0 Å². The van der Waals surface area contributed by atoms with Gasteiger partial charge in [-0.1, -0.05) is 44.2 Å². The minimum atomic E-state index is -1.58. The first-order valence-corrected chi connectivity index (χ1v) is 7.65. The maximum absolute atomic E-state index is 12.1. The number of nitrogens with two attached hydrogens (primary N) is 1. The summed E-state index contributed by atoms with van der Waals surface area (Å²) in [6, 6.07) is 9.17. The van der Waals surface area contributed by atoms with Crippen molar-refractivity contribution in [1.29, 1.82) is 0 Å². The van der Waals surface area contributed by atoms with E-state index in [-0.39, 0.29) is 12.8 Å². The topological polar surface area (TPSA) is 89.6 Å². The van der Waals surface area contributed by atoms with Crippen LogP contribution in [0.5, 0.6) is 0 Å². The van der Waals surface area contributed by atoms with Crippen molar-refractivity contribution in [2.45, 2.75) is 58.6 Å². The molecule has 0 aliphatic heterocycles. The molecule has 0 heterocycles. The minimum Gasteiger partial charge on any atom is -0.480 e. The van der Waals surface area contributed by atoms with E-state index < -0.39 is 28.5 Å². The molecule has 0 amide bonds. The Morgan fingerprint density at radius 3 is 2.04 bits per heavy atom. The predicted octanol–water partition coefficient (Wildman–Crippen LogP) is 2.77. The first-order valence-electron chi connectivity index (χ1n) is 7.65. The number of carboxylic acids is 1. The molecule has 5 nitrogen and oxygen atoms in total. The fraction of sp³-hybridized carbons (Fsp3) is 0.556. The van der Waals surface area contributed by atoms with Crippen LogP contribution < -0.4 is 5.73 Å². The standard InChI is InChI=1S/C18H27NO4/c1-16(2,3)23-14(20)12-17(4,5)18(19,15(21)22)11-13-9-7-6-8-10-13/h6-10H,11-12,19H2,1-5H3,(H,21,22). The summed E-state index contributed by atoms with van der Waals surface area (Å²) in [6.45, 7) is 8.69. The second-order valence-corrected chi connectivity index (χ2v) is 7.59. The Bertz CT molecular complexity index is 560. The lowest BCUT2D eigenvalue weighted by atomic mass is 9.67. The van der Waals surface area contributed by atoms with Gasteiger partial charge in [0.2, 0.25) is 0 Å². The Labute approximate surface area is 137 Å². The lowest BCUT2D eigenvalue weighted by Crippen LogP contribution is -2.61. The third-order valence-electron chi connectivity index (χ3n) is 3.92. The van der Waals surface area contributed by atoms with Gasteiger partial charge in [0.1, 0.15) is 11.1 Å². The van der Waals surface area contributed by atoms with Crippen LogP contribution in [0.1, 0.15) is 46.6 Å². The van der Waals surface area contributed by atoms with Gasteiger partial charge >= 0.3 is 11.9 Å². The van der Waals surface area contributed by atoms with Crippen LogP contribution in [-0.4, -0.2) is 28.2 Å². The van der Waals surface area contributed by atoms with Crippen molar-refractivity contribution < 1.29 is 19.4 Å². The number of carbonyl (C=O) groups is 2. The van der Waals surface area contributed by atoms with Gasteiger partial charge in [0.15, 0.2) is 0 Å². The molecule has 0 saturated carbocycles. The van der Waals surface area contributed by atoms with Crippen LogP contribution >= 0.6 is 0 Å². The molecule has 3 N–H and O–H groups in total. The number of esters is 1. The average Bonchev–Trinajstić information content (AvgIpc) is 2.36. The maximum atomic E-state index is 12.1. The molecule has 0 aliphatic rings. The van der Waals surface area contributed by atoms with Crippen LogP contribution in [0.25, 0.3) is 0 Å².